The van der Waals surface area contributed by atoms with Gasteiger partial charge in [0.05, 0.1) is 9.85 Å². The maximum absolute atomic E-state index is 10.4. The summed E-state index contributed by atoms with van der Waals surface area (Å²) >= 11 is 0. The molecule has 0 saturated heterocycles. The number of hydrogen-bond acceptors (Lipinski definition) is 6. The molecule has 0 spiro atoms. The number of rotatable bonds is 4. The van der Waals surface area contributed by atoms with Crippen LogP contribution in [0.4, 0.5) is 11.4 Å². The third-order valence-corrected chi connectivity index (χ3v) is 2.66. The minimum atomic E-state index is -1.29. The minimum absolute atomic E-state index is 0. The standard InChI is InChI=1S/2C7H5NO4.H2S/c2*9-7(10)5-3-1-2-4-6(5)8(11)12;/h2*1-4H,(H,9,10);1H2. The largest absolute Gasteiger partial charge is 0.477 e. The second-order valence-corrected chi connectivity index (χ2v) is 4.16. The molecule has 2 aromatic carbocycles. The van der Waals surface area contributed by atoms with Crippen molar-refractivity contribution >= 4 is 36.8 Å². The van der Waals surface area contributed by atoms with Crippen molar-refractivity contribution in [1.29, 1.82) is 0 Å². The fourth-order valence-corrected chi connectivity index (χ4v) is 1.63. The average molecular weight is 368 g/mol. The first-order valence-corrected chi connectivity index (χ1v) is 6.19. The van der Waals surface area contributed by atoms with Crippen molar-refractivity contribution in [1.82, 2.24) is 0 Å². The van der Waals surface area contributed by atoms with Gasteiger partial charge in [-0.05, 0) is 12.1 Å². The van der Waals surface area contributed by atoms with Crippen molar-refractivity contribution in [3.63, 3.8) is 0 Å². The highest BCUT2D eigenvalue weighted by atomic mass is 32.1. The fourth-order valence-electron chi connectivity index (χ4n) is 1.63. The molecule has 10 nitrogen and oxygen atoms in total. The third kappa shape index (κ3) is 5.91. The van der Waals surface area contributed by atoms with Crippen LogP contribution in [0.2, 0.25) is 0 Å². The molecule has 0 bridgehead atoms. The van der Waals surface area contributed by atoms with Crippen LogP contribution in [0.25, 0.3) is 0 Å². The van der Waals surface area contributed by atoms with E-state index in [9.17, 15) is 29.8 Å². The highest BCUT2D eigenvalue weighted by Gasteiger charge is 2.18. The lowest BCUT2D eigenvalue weighted by Gasteiger charge is -1.94. The molecular formula is C14H12N2O8S. The number of benzene rings is 2. The number of para-hydroxylation sites is 2. The quantitative estimate of drug-likeness (QED) is 0.615. The molecule has 0 heterocycles. The van der Waals surface area contributed by atoms with Gasteiger partial charge in [0.15, 0.2) is 0 Å². The molecule has 2 aromatic rings. The summed E-state index contributed by atoms with van der Waals surface area (Å²) in [6, 6.07) is 10.4. The molecule has 0 aliphatic heterocycles. The van der Waals surface area contributed by atoms with E-state index in [2.05, 4.69) is 0 Å². The Kier molecular flexibility index (Phi) is 8.29. The Hall–Kier alpha value is -3.47. The van der Waals surface area contributed by atoms with Gasteiger partial charge >= 0.3 is 11.9 Å². The smallest absolute Gasteiger partial charge is 0.342 e. The topological polar surface area (TPSA) is 161 Å². The van der Waals surface area contributed by atoms with Crippen LogP contribution in [-0.2, 0) is 0 Å². The summed E-state index contributed by atoms with van der Waals surface area (Å²) in [7, 11) is 0. The molecule has 0 saturated carbocycles. The number of carboxylic acid groups (broad SMARTS) is 2. The molecule has 11 heteroatoms. The number of aromatic carboxylic acids is 2. The van der Waals surface area contributed by atoms with Gasteiger partial charge in [0, 0.05) is 12.1 Å². The molecule has 0 amide bonds. The number of nitro benzene ring substituents is 2. The van der Waals surface area contributed by atoms with Gasteiger partial charge in [0.25, 0.3) is 11.4 Å². The van der Waals surface area contributed by atoms with Gasteiger partial charge in [-0.25, -0.2) is 9.59 Å². The van der Waals surface area contributed by atoms with E-state index >= 15 is 0 Å². The lowest BCUT2D eigenvalue weighted by atomic mass is 10.2. The number of carboxylic acids is 2. The molecule has 2 N–H and O–H groups in total. The Morgan fingerprint density at radius 1 is 0.720 bits per heavy atom. The Bertz CT molecular complexity index is 675. The maximum Gasteiger partial charge on any atom is 0.342 e. The lowest BCUT2D eigenvalue weighted by molar-refractivity contribution is -0.385. The monoisotopic (exact) mass is 368 g/mol. The van der Waals surface area contributed by atoms with Crippen molar-refractivity contribution < 1.29 is 29.6 Å². The van der Waals surface area contributed by atoms with Crippen LogP contribution in [-0.4, -0.2) is 32.0 Å². The summed E-state index contributed by atoms with van der Waals surface area (Å²) in [5, 5.41) is 37.6. The normalized spacial score (nSPS) is 8.96. The highest BCUT2D eigenvalue weighted by molar-refractivity contribution is 7.59. The lowest BCUT2D eigenvalue weighted by Crippen LogP contribution is -2.01. The summed E-state index contributed by atoms with van der Waals surface area (Å²) in [5.74, 6) is -2.58. The predicted molar refractivity (Wildman–Crippen MR) is 90.5 cm³/mol. The molecule has 0 unspecified atom stereocenters. The first-order valence-electron chi connectivity index (χ1n) is 6.19. The van der Waals surface area contributed by atoms with Gasteiger partial charge < -0.3 is 10.2 Å². The van der Waals surface area contributed by atoms with Gasteiger partial charge in [0.2, 0.25) is 0 Å². The zero-order chi connectivity index (χ0) is 18.3. The first-order chi connectivity index (χ1) is 11.3. The Morgan fingerprint density at radius 3 is 1.20 bits per heavy atom. The number of carbonyl (C=O) groups is 2. The predicted octanol–water partition coefficient (Wildman–Crippen LogP) is 2.70. The van der Waals surface area contributed by atoms with E-state index in [1.165, 1.54) is 36.4 Å². The zero-order valence-corrected chi connectivity index (χ0v) is 13.4. The van der Waals surface area contributed by atoms with Crippen molar-refractivity contribution in [2.24, 2.45) is 0 Å². The summed E-state index contributed by atoms with van der Waals surface area (Å²) in [6.45, 7) is 0. The average Bonchev–Trinajstić information content (AvgIpc) is 2.55. The molecule has 132 valence electrons. The molecule has 0 aliphatic carbocycles. The van der Waals surface area contributed by atoms with E-state index < -0.39 is 21.8 Å². The molecule has 0 aliphatic rings. The van der Waals surface area contributed by atoms with E-state index in [0.717, 1.165) is 12.1 Å². The van der Waals surface area contributed by atoms with Crippen LogP contribution in [0.5, 0.6) is 0 Å². The van der Waals surface area contributed by atoms with Crippen molar-refractivity contribution in [3.05, 3.63) is 79.9 Å². The first kappa shape index (κ1) is 21.5. The minimum Gasteiger partial charge on any atom is -0.477 e. The van der Waals surface area contributed by atoms with Gasteiger partial charge in [0.1, 0.15) is 11.1 Å². The van der Waals surface area contributed by atoms with Crippen LogP contribution >= 0.6 is 13.5 Å². The van der Waals surface area contributed by atoms with Crippen LogP contribution in [0.3, 0.4) is 0 Å². The molecule has 0 radical (unpaired) electrons. The maximum atomic E-state index is 10.4. The van der Waals surface area contributed by atoms with Crippen molar-refractivity contribution in [2.45, 2.75) is 0 Å². The second-order valence-electron chi connectivity index (χ2n) is 4.16. The van der Waals surface area contributed by atoms with Gasteiger partial charge in [-0.15, -0.1) is 0 Å². The Balaban J connectivity index is 0.000000443. The molecule has 0 aromatic heterocycles. The molecule has 0 fully saturated rings. The zero-order valence-electron chi connectivity index (χ0n) is 12.4. The van der Waals surface area contributed by atoms with E-state index in [-0.39, 0.29) is 36.0 Å². The fraction of sp³-hybridized carbons (Fsp3) is 0. The Labute approximate surface area is 147 Å². The summed E-state index contributed by atoms with van der Waals surface area (Å²) in [6.07, 6.45) is 0. The molecule has 0 atom stereocenters. The van der Waals surface area contributed by atoms with Crippen LogP contribution in [0, 0.1) is 20.2 Å². The molecule has 2 rings (SSSR count). The van der Waals surface area contributed by atoms with Crippen LogP contribution in [0.1, 0.15) is 20.7 Å². The van der Waals surface area contributed by atoms with Crippen LogP contribution in [0.15, 0.2) is 48.5 Å². The van der Waals surface area contributed by atoms with Gasteiger partial charge in [-0.3, -0.25) is 20.2 Å². The van der Waals surface area contributed by atoms with E-state index in [1.807, 2.05) is 0 Å². The summed E-state index contributed by atoms with van der Waals surface area (Å²) in [4.78, 5) is 39.9. The van der Waals surface area contributed by atoms with Gasteiger partial charge in [-0.2, -0.15) is 13.5 Å². The number of nitro groups is 2. The van der Waals surface area contributed by atoms with Crippen LogP contribution < -0.4 is 0 Å². The third-order valence-electron chi connectivity index (χ3n) is 2.66. The van der Waals surface area contributed by atoms with Crippen molar-refractivity contribution in [2.75, 3.05) is 0 Å². The van der Waals surface area contributed by atoms with E-state index in [1.54, 1.807) is 0 Å². The number of hydrogen-bond donors (Lipinski definition) is 2. The summed E-state index contributed by atoms with van der Waals surface area (Å²) in [5.41, 5.74) is -1.35. The number of nitrogens with zero attached hydrogens (tertiary/aromatic N) is 2. The highest BCUT2D eigenvalue weighted by Crippen LogP contribution is 2.17. The molecule has 25 heavy (non-hydrogen) atoms. The van der Waals surface area contributed by atoms with Crippen molar-refractivity contribution in [3.8, 4) is 0 Å². The summed E-state index contributed by atoms with van der Waals surface area (Å²) < 4.78 is 0. The molecular weight excluding hydrogens is 356 g/mol. The van der Waals surface area contributed by atoms with E-state index in [4.69, 9.17) is 10.2 Å². The van der Waals surface area contributed by atoms with Gasteiger partial charge in [-0.1, -0.05) is 24.3 Å². The second kappa shape index (κ2) is 9.62. The Morgan fingerprint density at radius 2 is 1.00 bits per heavy atom. The van der Waals surface area contributed by atoms with E-state index in [0.29, 0.717) is 0 Å². The SMILES string of the molecule is O=C(O)c1ccccc1[N+](=O)[O-].O=C(O)c1ccccc1[N+](=O)[O-].S.